The molecule has 0 spiro atoms. The minimum absolute atomic E-state index is 0.00707. The van der Waals surface area contributed by atoms with Crippen molar-refractivity contribution in [1.82, 2.24) is 4.90 Å². The van der Waals surface area contributed by atoms with Gasteiger partial charge in [-0.3, -0.25) is 4.79 Å². The lowest BCUT2D eigenvalue weighted by Crippen LogP contribution is -2.51. The number of esters is 1. The number of nitrogens with zero attached hydrogens (tertiary/aromatic N) is 1. The van der Waals surface area contributed by atoms with E-state index in [1.165, 1.54) is 0 Å². The molecule has 11 heteroatoms. The van der Waals surface area contributed by atoms with Crippen LogP contribution in [0.25, 0.3) is 0 Å². The number of amides is 1. The van der Waals surface area contributed by atoms with Crippen LogP contribution >= 0.6 is 0 Å². The number of hydrogen-bond acceptors (Lipinski definition) is 10. The van der Waals surface area contributed by atoms with Gasteiger partial charge in [0, 0.05) is 19.6 Å². The molecular weight excluding hydrogens is 678 g/mol. The molecule has 1 amide bonds. The normalized spacial score (nSPS) is 17.4. The van der Waals surface area contributed by atoms with Crippen LogP contribution in [0.5, 0.6) is 34.5 Å². The molecule has 0 aromatic heterocycles. The van der Waals surface area contributed by atoms with Gasteiger partial charge in [0.05, 0.1) is 41.0 Å². The second-order valence-corrected chi connectivity index (χ2v) is 13.8. The molecule has 11 nitrogen and oxygen atoms in total. The van der Waals surface area contributed by atoms with Gasteiger partial charge in [0.2, 0.25) is 11.7 Å². The maximum absolute atomic E-state index is 15.0. The molecule has 3 unspecified atom stereocenters. The number of piperidine rings is 1. The lowest BCUT2D eigenvalue weighted by Gasteiger charge is -2.40. The third kappa shape index (κ3) is 9.87. The number of carbonyl (C=O) groups excluding carboxylic acids is 2. The summed E-state index contributed by atoms with van der Waals surface area (Å²) in [6.45, 7) is 0.719. The zero-order valence-electron chi connectivity index (χ0n) is 31.5. The molecule has 1 aliphatic carbocycles. The third-order valence-corrected chi connectivity index (χ3v) is 10.5. The minimum Gasteiger partial charge on any atom is -0.508 e. The maximum atomic E-state index is 15.0. The molecule has 3 atom stereocenters. The molecule has 1 aliphatic heterocycles. The number of aromatic hydroxyl groups is 1. The summed E-state index contributed by atoms with van der Waals surface area (Å²) < 4.78 is 34.7. The standard InChI is InChI=1S/C42H55NO10/c1-48-35-20-18-28(24-36(35)49-2)17-19-34(30-14-10-15-32(45)25-30)53-42(47)33-16-8-9-21-43(33)41(46)39(29-12-6-5-7-13-29)31-26-37(50-3)40(38(27-31)51-4)52-23-11-22-44/h10,14-15,18,20,24-27,29,33-34,39,44-45H,5-9,11-13,16-17,19,21-23H2,1-4H3. The van der Waals surface area contributed by atoms with Crippen molar-refractivity contribution in [3.63, 3.8) is 0 Å². The van der Waals surface area contributed by atoms with Crippen LogP contribution in [0.4, 0.5) is 0 Å². The molecule has 1 saturated carbocycles. The Morgan fingerprint density at radius 1 is 0.792 bits per heavy atom. The molecule has 2 N–H and O–H groups in total. The van der Waals surface area contributed by atoms with Crippen LogP contribution in [-0.2, 0) is 20.7 Å². The smallest absolute Gasteiger partial charge is 0.329 e. The SMILES string of the molecule is COc1ccc(CCC(OC(=O)C2CCCCN2C(=O)C(c2cc(OC)c(OCCCO)c(OC)c2)C2CCCCC2)c2cccc(O)c2)cc1OC. The quantitative estimate of drug-likeness (QED) is 0.109. The predicted octanol–water partition coefficient (Wildman–Crippen LogP) is 7.15. The first kappa shape index (κ1) is 39.6. The largest absolute Gasteiger partial charge is 0.508 e. The van der Waals surface area contributed by atoms with Crippen molar-refractivity contribution in [2.24, 2.45) is 5.92 Å². The third-order valence-electron chi connectivity index (χ3n) is 10.5. The van der Waals surface area contributed by atoms with Gasteiger partial charge in [0.25, 0.3) is 0 Å². The fourth-order valence-corrected chi connectivity index (χ4v) is 7.74. The summed E-state index contributed by atoms with van der Waals surface area (Å²) >= 11 is 0. The zero-order chi connectivity index (χ0) is 37.7. The number of likely N-dealkylation sites (tertiary alicyclic amines) is 1. The Balaban J connectivity index is 1.43. The second-order valence-electron chi connectivity index (χ2n) is 13.8. The van der Waals surface area contributed by atoms with E-state index in [1.807, 2.05) is 36.4 Å². The van der Waals surface area contributed by atoms with Crippen molar-refractivity contribution in [3.8, 4) is 34.5 Å². The molecule has 1 saturated heterocycles. The topological polar surface area (TPSA) is 133 Å². The van der Waals surface area contributed by atoms with E-state index in [2.05, 4.69) is 0 Å². The highest BCUT2D eigenvalue weighted by Gasteiger charge is 2.41. The highest BCUT2D eigenvalue weighted by Crippen LogP contribution is 2.45. The molecule has 3 aromatic carbocycles. The van der Waals surface area contributed by atoms with Gasteiger partial charge < -0.3 is 43.5 Å². The Bertz CT molecular complexity index is 1630. The van der Waals surface area contributed by atoms with E-state index in [0.717, 1.165) is 56.1 Å². The number of benzene rings is 3. The summed E-state index contributed by atoms with van der Waals surface area (Å²) in [7, 11) is 6.29. The van der Waals surface area contributed by atoms with Crippen LogP contribution in [0.15, 0.2) is 54.6 Å². The van der Waals surface area contributed by atoms with E-state index in [-0.39, 0.29) is 30.8 Å². The monoisotopic (exact) mass is 733 g/mol. The van der Waals surface area contributed by atoms with Crippen molar-refractivity contribution in [1.29, 1.82) is 0 Å². The number of rotatable bonds is 17. The Hall–Kier alpha value is -4.64. The number of ether oxygens (including phenoxy) is 6. The molecule has 0 bridgehead atoms. The molecule has 53 heavy (non-hydrogen) atoms. The van der Waals surface area contributed by atoms with E-state index >= 15 is 0 Å². The molecule has 2 aliphatic rings. The molecule has 2 fully saturated rings. The average Bonchev–Trinajstić information content (AvgIpc) is 3.19. The van der Waals surface area contributed by atoms with Crippen molar-refractivity contribution in [3.05, 3.63) is 71.3 Å². The average molecular weight is 734 g/mol. The van der Waals surface area contributed by atoms with Gasteiger partial charge >= 0.3 is 5.97 Å². The zero-order valence-corrected chi connectivity index (χ0v) is 31.5. The Kier molecular flexibility index (Phi) is 14.5. The van der Waals surface area contributed by atoms with Gasteiger partial charge in [-0.25, -0.2) is 4.79 Å². The summed E-state index contributed by atoms with van der Waals surface area (Å²) in [5.41, 5.74) is 2.41. The van der Waals surface area contributed by atoms with Crippen LogP contribution in [0.1, 0.15) is 92.9 Å². The Morgan fingerprint density at radius 2 is 1.49 bits per heavy atom. The second kappa shape index (κ2) is 19.4. The predicted molar refractivity (Wildman–Crippen MR) is 200 cm³/mol. The first-order valence-electron chi connectivity index (χ1n) is 18.8. The first-order chi connectivity index (χ1) is 25.8. The van der Waals surface area contributed by atoms with Gasteiger partial charge in [-0.1, -0.05) is 37.5 Å². The van der Waals surface area contributed by atoms with E-state index in [1.54, 1.807) is 51.5 Å². The van der Waals surface area contributed by atoms with Crippen LogP contribution in [0.2, 0.25) is 0 Å². The van der Waals surface area contributed by atoms with E-state index in [4.69, 9.17) is 28.4 Å². The summed E-state index contributed by atoms with van der Waals surface area (Å²) in [5, 5.41) is 19.6. The summed E-state index contributed by atoms with van der Waals surface area (Å²) in [6.07, 6.45) is 7.85. The van der Waals surface area contributed by atoms with Crippen molar-refractivity contribution >= 4 is 11.9 Å². The number of aliphatic hydroxyl groups is 1. The van der Waals surface area contributed by atoms with Crippen LogP contribution in [-0.4, -0.2) is 81.2 Å². The van der Waals surface area contributed by atoms with Crippen LogP contribution in [0, 0.1) is 5.92 Å². The van der Waals surface area contributed by atoms with E-state index < -0.39 is 24.0 Å². The molecular formula is C42H55NO10. The highest BCUT2D eigenvalue weighted by molar-refractivity contribution is 5.89. The van der Waals surface area contributed by atoms with Crippen molar-refractivity contribution in [2.45, 2.75) is 88.7 Å². The minimum atomic E-state index is -0.756. The fourth-order valence-electron chi connectivity index (χ4n) is 7.74. The summed E-state index contributed by atoms with van der Waals surface area (Å²) in [6, 6.07) is 15.4. The van der Waals surface area contributed by atoms with Crippen molar-refractivity contribution in [2.75, 3.05) is 48.2 Å². The summed E-state index contributed by atoms with van der Waals surface area (Å²) in [5.74, 6) is 1.63. The van der Waals surface area contributed by atoms with Crippen LogP contribution < -0.4 is 23.7 Å². The number of phenols is 1. The van der Waals surface area contributed by atoms with Crippen molar-refractivity contribution < 1.29 is 48.2 Å². The molecule has 288 valence electrons. The number of aliphatic hydroxyl groups excluding tert-OH is 1. The van der Waals surface area contributed by atoms with Gasteiger partial charge in [-0.05, 0) is 104 Å². The lowest BCUT2D eigenvalue weighted by molar-refractivity contribution is -0.163. The van der Waals surface area contributed by atoms with Crippen LogP contribution in [0.3, 0.4) is 0 Å². The Labute approximate surface area is 313 Å². The number of phenolic OH excluding ortho intramolecular Hbond substituents is 1. The van der Waals surface area contributed by atoms with Gasteiger partial charge in [0.1, 0.15) is 17.9 Å². The first-order valence-corrected chi connectivity index (χ1v) is 18.8. The molecule has 3 aromatic rings. The molecule has 1 heterocycles. The van der Waals surface area contributed by atoms with Gasteiger partial charge in [-0.15, -0.1) is 0 Å². The fraction of sp³-hybridized carbons (Fsp3) is 0.524. The molecule has 0 radical (unpaired) electrons. The Morgan fingerprint density at radius 3 is 2.15 bits per heavy atom. The van der Waals surface area contributed by atoms with Gasteiger partial charge in [0.15, 0.2) is 23.0 Å². The van der Waals surface area contributed by atoms with E-state index in [9.17, 15) is 19.8 Å². The highest BCUT2D eigenvalue weighted by atomic mass is 16.5. The number of aryl methyl sites for hydroxylation is 1. The van der Waals surface area contributed by atoms with Gasteiger partial charge in [-0.2, -0.15) is 0 Å². The molecule has 5 rings (SSSR count). The number of carbonyl (C=O) groups is 2. The summed E-state index contributed by atoms with van der Waals surface area (Å²) in [4.78, 5) is 31.0. The number of methoxy groups -OCH3 is 4. The lowest BCUT2D eigenvalue weighted by atomic mass is 9.75. The number of hydrogen-bond donors (Lipinski definition) is 2. The van der Waals surface area contributed by atoms with E-state index in [0.29, 0.717) is 66.5 Å². The maximum Gasteiger partial charge on any atom is 0.329 e.